The van der Waals surface area contributed by atoms with Crippen molar-refractivity contribution in [3.8, 4) is 0 Å². The SMILES string of the molecule is CCCCc1nc(N2CCCC(N)C2C)n[nH]1. The van der Waals surface area contributed by atoms with Crippen LogP contribution in [0.25, 0.3) is 0 Å². The Bertz CT molecular complexity index is 348. The van der Waals surface area contributed by atoms with Crippen molar-refractivity contribution in [2.45, 2.75) is 58.0 Å². The molecule has 0 amide bonds. The fourth-order valence-corrected chi connectivity index (χ4v) is 2.33. The Kier molecular flexibility index (Phi) is 3.99. The van der Waals surface area contributed by atoms with Crippen LogP contribution in [0.5, 0.6) is 0 Å². The summed E-state index contributed by atoms with van der Waals surface area (Å²) in [5.41, 5.74) is 6.09. The van der Waals surface area contributed by atoms with E-state index in [-0.39, 0.29) is 6.04 Å². The zero-order valence-corrected chi connectivity index (χ0v) is 10.8. The van der Waals surface area contributed by atoms with E-state index in [1.807, 2.05) is 0 Å². The van der Waals surface area contributed by atoms with Gasteiger partial charge >= 0.3 is 0 Å². The van der Waals surface area contributed by atoms with Gasteiger partial charge in [-0.2, -0.15) is 4.98 Å². The number of hydrogen-bond donors (Lipinski definition) is 2. The Hall–Kier alpha value is -1.10. The quantitative estimate of drug-likeness (QED) is 0.831. The Labute approximate surface area is 103 Å². The van der Waals surface area contributed by atoms with Gasteiger partial charge in [-0.1, -0.05) is 13.3 Å². The second-order valence-electron chi connectivity index (χ2n) is 4.93. The molecule has 1 aromatic heterocycles. The van der Waals surface area contributed by atoms with E-state index in [2.05, 4.69) is 33.9 Å². The summed E-state index contributed by atoms with van der Waals surface area (Å²) in [4.78, 5) is 6.78. The molecule has 1 aliphatic rings. The van der Waals surface area contributed by atoms with Crippen LogP contribution >= 0.6 is 0 Å². The second kappa shape index (κ2) is 5.49. The third kappa shape index (κ3) is 2.77. The number of nitrogens with zero attached hydrogens (tertiary/aromatic N) is 3. The molecule has 17 heavy (non-hydrogen) atoms. The first-order valence-corrected chi connectivity index (χ1v) is 6.66. The minimum atomic E-state index is 0.237. The monoisotopic (exact) mass is 237 g/mol. The molecular formula is C12H23N5. The number of anilines is 1. The number of aryl methyl sites for hydroxylation is 1. The zero-order chi connectivity index (χ0) is 12.3. The van der Waals surface area contributed by atoms with Crippen LogP contribution in [0.1, 0.15) is 45.4 Å². The molecule has 2 rings (SSSR count). The highest BCUT2D eigenvalue weighted by atomic mass is 15.4. The highest BCUT2D eigenvalue weighted by Gasteiger charge is 2.27. The molecule has 1 aromatic rings. The first-order chi connectivity index (χ1) is 8.22. The van der Waals surface area contributed by atoms with Crippen molar-refractivity contribution in [2.24, 2.45) is 5.73 Å². The summed E-state index contributed by atoms with van der Waals surface area (Å²) < 4.78 is 0. The van der Waals surface area contributed by atoms with E-state index in [1.165, 1.54) is 6.42 Å². The fraction of sp³-hybridized carbons (Fsp3) is 0.833. The molecule has 1 saturated heterocycles. The van der Waals surface area contributed by atoms with Crippen LogP contribution in [-0.4, -0.2) is 33.8 Å². The van der Waals surface area contributed by atoms with Gasteiger partial charge in [-0.05, 0) is 26.2 Å². The lowest BCUT2D eigenvalue weighted by Crippen LogP contribution is -2.50. The molecule has 0 aromatic carbocycles. The highest BCUT2D eigenvalue weighted by molar-refractivity contribution is 5.32. The first kappa shape index (κ1) is 12.4. The molecule has 1 aliphatic heterocycles. The molecule has 0 saturated carbocycles. The molecular weight excluding hydrogens is 214 g/mol. The molecule has 0 aliphatic carbocycles. The number of unbranched alkanes of at least 4 members (excludes halogenated alkanes) is 1. The summed E-state index contributed by atoms with van der Waals surface area (Å²) in [6.07, 6.45) is 5.55. The van der Waals surface area contributed by atoms with Gasteiger partial charge in [-0.25, -0.2) is 0 Å². The lowest BCUT2D eigenvalue weighted by molar-refractivity contribution is 0.416. The van der Waals surface area contributed by atoms with Gasteiger partial charge in [-0.15, -0.1) is 5.10 Å². The Balaban J connectivity index is 2.03. The number of nitrogens with one attached hydrogen (secondary N) is 1. The second-order valence-corrected chi connectivity index (χ2v) is 4.93. The summed E-state index contributed by atoms with van der Waals surface area (Å²) in [5.74, 6) is 1.81. The van der Waals surface area contributed by atoms with Crippen molar-refractivity contribution < 1.29 is 0 Å². The van der Waals surface area contributed by atoms with Crippen molar-refractivity contribution in [3.63, 3.8) is 0 Å². The van der Waals surface area contributed by atoms with Crippen molar-refractivity contribution in [1.29, 1.82) is 0 Å². The minimum Gasteiger partial charge on any atom is -0.335 e. The topological polar surface area (TPSA) is 70.8 Å². The van der Waals surface area contributed by atoms with Crippen LogP contribution in [0.15, 0.2) is 0 Å². The van der Waals surface area contributed by atoms with Crippen LogP contribution in [0.2, 0.25) is 0 Å². The van der Waals surface area contributed by atoms with Crippen molar-refractivity contribution in [1.82, 2.24) is 15.2 Å². The van der Waals surface area contributed by atoms with Gasteiger partial charge in [0.25, 0.3) is 0 Å². The molecule has 0 bridgehead atoms. The van der Waals surface area contributed by atoms with E-state index in [0.29, 0.717) is 6.04 Å². The zero-order valence-electron chi connectivity index (χ0n) is 10.8. The lowest BCUT2D eigenvalue weighted by atomic mass is 9.99. The molecule has 1 fully saturated rings. The molecule has 5 nitrogen and oxygen atoms in total. The third-order valence-electron chi connectivity index (χ3n) is 3.59. The van der Waals surface area contributed by atoms with Crippen LogP contribution in [0.3, 0.4) is 0 Å². The van der Waals surface area contributed by atoms with Crippen LogP contribution in [0.4, 0.5) is 5.95 Å². The number of aromatic nitrogens is 3. The Morgan fingerprint density at radius 3 is 3.12 bits per heavy atom. The van der Waals surface area contributed by atoms with Crippen molar-refractivity contribution >= 4 is 5.95 Å². The van der Waals surface area contributed by atoms with Gasteiger partial charge in [-0.3, -0.25) is 5.10 Å². The molecule has 0 radical (unpaired) electrons. The van der Waals surface area contributed by atoms with Crippen LogP contribution in [-0.2, 0) is 6.42 Å². The summed E-state index contributed by atoms with van der Waals surface area (Å²) in [5, 5.41) is 7.34. The van der Waals surface area contributed by atoms with E-state index < -0.39 is 0 Å². The Morgan fingerprint density at radius 1 is 1.53 bits per heavy atom. The summed E-state index contributed by atoms with van der Waals surface area (Å²) in [7, 11) is 0. The highest BCUT2D eigenvalue weighted by Crippen LogP contribution is 2.20. The Morgan fingerprint density at radius 2 is 2.35 bits per heavy atom. The van der Waals surface area contributed by atoms with Crippen molar-refractivity contribution in [3.05, 3.63) is 5.82 Å². The number of hydrogen-bond acceptors (Lipinski definition) is 4. The maximum absolute atomic E-state index is 6.09. The van der Waals surface area contributed by atoms with Crippen molar-refractivity contribution in [2.75, 3.05) is 11.4 Å². The maximum atomic E-state index is 6.09. The van der Waals surface area contributed by atoms with E-state index >= 15 is 0 Å². The number of H-pyrrole nitrogens is 1. The molecule has 2 unspecified atom stereocenters. The first-order valence-electron chi connectivity index (χ1n) is 6.66. The maximum Gasteiger partial charge on any atom is 0.244 e. The normalized spacial score (nSPS) is 25.2. The molecule has 3 N–H and O–H groups in total. The lowest BCUT2D eigenvalue weighted by Gasteiger charge is -2.36. The number of aromatic amines is 1. The summed E-state index contributed by atoms with van der Waals surface area (Å²) >= 11 is 0. The largest absolute Gasteiger partial charge is 0.335 e. The van der Waals surface area contributed by atoms with Gasteiger partial charge in [0.05, 0.1) is 0 Å². The number of nitrogens with two attached hydrogens (primary N) is 1. The van der Waals surface area contributed by atoms with Crippen LogP contribution in [0, 0.1) is 0 Å². The predicted molar refractivity (Wildman–Crippen MR) is 69.0 cm³/mol. The predicted octanol–water partition coefficient (Wildman–Crippen LogP) is 1.46. The third-order valence-corrected chi connectivity index (χ3v) is 3.59. The number of rotatable bonds is 4. The minimum absolute atomic E-state index is 0.237. The van der Waals surface area contributed by atoms with E-state index in [0.717, 1.165) is 44.0 Å². The van der Waals surface area contributed by atoms with Crippen LogP contribution < -0.4 is 10.6 Å². The molecule has 96 valence electrons. The summed E-state index contributed by atoms with van der Waals surface area (Å²) in [6, 6.07) is 0.569. The molecule has 2 heterocycles. The van der Waals surface area contributed by atoms with Gasteiger partial charge in [0, 0.05) is 25.0 Å². The van der Waals surface area contributed by atoms with E-state index in [9.17, 15) is 0 Å². The van der Waals surface area contributed by atoms with Gasteiger partial charge in [0.2, 0.25) is 5.95 Å². The van der Waals surface area contributed by atoms with Gasteiger partial charge < -0.3 is 10.6 Å². The summed E-state index contributed by atoms with van der Waals surface area (Å²) in [6.45, 7) is 5.36. The number of piperidine rings is 1. The molecule has 5 heteroatoms. The average molecular weight is 237 g/mol. The average Bonchev–Trinajstić information content (AvgIpc) is 2.78. The smallest absolute Gasteiger partial charge is 0.244 e. The van der Waals surface area contributed by atoms with E-state index in [1.54, 1.807) is 0 Å². The molecule has 0 spiro atoms. The molecule has 2 atom stereocenters. The standard InChI is InChI=1S/C12H23N5/c1-3-4-7-11-14-12(16-15-11)17-8-5-6-10(13)9(17)2/h9-10H,3-8,13H2,1-2H3,(H,14,15,16). The van der Waals surface area contributed by atoms with Gasteiger partial charge in [0.15, 0.2) is 0 Å². The van der Waals surface area contributed by atoms with Gasteiger partial charge in [0.1, 0.15) is 5.82 Å². The fourth-order valence-electron chi connectivity index (χ4n) is 2.33. The van der Waals surface area contributed by atoms with E-state index in [4.69, 9.17) is 5.73 Å².